The van der Waals surface area contributed by atoms with Crippen molar-refractivity contribution in [3.63, 3.8) is 0 Å². The number of benzene rings is 2. The lowest BCUT2D eigenvalue weighted by atomic mass is 9.99. The maximum Gasteiger partial charge on any atom is 0.338 e. The summed E-state index contributed by atoms with van der Waals surface area (Å²) in [7, 11) is 0. The van der Waals surface area contributed by atoms with E-state index in [0.717, 1.165) is 29.6 Å². The summed E-state index contributed by atoms with van der Waals surface area (Å²) >= 11 is 0. The van der Waals surface area contributed by atoms with Crippen LogP contribution in [0.25, 0.3) is 11.0 Å². The summed E-state index contributed by atoms with van der Waals surface area (Å²) in [6.45, 7) is 7.48. The second-order valence-electron chi connectivity index (χ2n) is 8.06. The summed E-state index contributed by atoms with van der Waals surface area (Å²) in [6.07, 6.45) is 1.97. The maximum absolute atomic E-state index is 12.0. The largest absolute Gasteiger partial charge is 0.462 e. The van der Waals surface area contributed by atoms with E-state index in [1.165, 1.54) is 0 Å². The standard InChI is InChI=1S/C23H30N4O3/c1-4-30-22(29)17-8-9-19-20(13-17)27(15-25-19)11-10-23(2,3)26-14-21(28)16-6-5-7-18(24)12-16/h5-9,12-13,15,21,26,28H,4,10-11,14,24H2,1-3H3. The van der Waals surface area contributed by atoms with E-state index < -0.39 is 6.10 Å². The van der Waals surface area contributed by atoms with Crippen LogP contribution in [0.2, 0.25) is 0 Å². The Morgan fingerprint density at radius 2 is 2.10 bits per heavy atom. The number of carbonyl (C=O) groups is 1. The Hall–Kier alpha value is -2.90. The third-order valence-electron chi connectivity index (χ3n) is 5.18. The van der Waals surface area contributed by atoms with E-state index in [0.29, 0.717) is 24.4 Å². The lowest BCUT2D eigenvalue weighted by molar-refractivity contribution is 0.0526. The number of nitrogen functional groups attached to an aromatic ring is 1. The first kappa shape index (κ1) is 21.8. The van der Waals surface area contributed by atoms with Crippen molar-refractivity contribution in [2.45, 2.75) is 45.4 Å². The fourth-order valence-corrected chi connectivity index (χ4v) is 3.32. The molecule has 3 rings (SSSR count). The number of aryl methyl sites for hydroxylation is 1. The Kier molecular flexibility index (Phi) is 6.74. The number of aliphatic hydroxyl groups is 1. The van der Waals surface area contributed by atoms with Crippen LogP contribution in [-0.4, -0.2) is 39.3 Å². The van der Waals surface area contributed by atoms with Crippen molar-refractivity contribution in [3.8, 4) is 0 Å². The average molecular weight is 411 g/mol. The second kappa shape index (κ2) is 9.28. The van der Waals surface area contributed by atoms with Gasteiger partial charge in [-0.15, -0.1) is 0 Å². The van der Waals surface area contributed by atoms with Crippen molar-refractivity contribution in [3.05, 3.63) is 59.9 Å². The van der Waals surface area contributed by atoms with E-state index in [-0.39, 0.29) is 11.5 Å². The molecule has 0 bridgehead atoms. The summed E-state index contributed by atoms with van der Waals surface area (Å²) < 4.78 is 7.13. The fraction of sp³-hybridized carbons (Fsp3) is 0.391. The third kappa shape index (κ3) is 5.37. The van der Waals surface area contributed by atoms with Gasteiger partial charge in [0.2, 0.25) is 0 Å². The molecule has 0 fully saturated rings. The van der Waals surface area contributed by atoms with E-state index in [9.17, 15) is 9.90 Å². The van der Waals surface area contributed by atoms with Gasteiger partial charge in [-0.05, 0) is 63.1 Å². The topological polar surface area (TPSA) is 102 Å². The van der Waals surface area contributed by atoms with Crippen molar-refractivity contribution >= 4 is 22.7 Å². The highest BCUT2D eigenvalue weighted by molar-refractivity contribution is 5.93. The predicted octanol–water partition coefficient (Wildman–Crippen LogP) is 3.29. The van der Waals surface area contributed by atoms with Crippen LogP contribution in [0.15, 0.2) is 48.8 Å². The molecule has 1 aromatic heterocycles. The number of rotatable bonds is 9. The molecule has 0 spiro atoms. The smallest absolute Gasteiger partial charge is 0.338 e. The molecule has 2 aromatic carbocycles. The zero-order chi connectivity index (χ0) is 21.7. The zero-order valence-electron chi connectivity index (χ0n) is 17.8. The number of nitrogens with one attached hydrogen (secondary N) is 1. The molecule has 160 valence electrons. The molecule has 3 aromatic rings. The normalized spacial score (nSPS) is 12.8. The van der Waals surface area contributed by atoms with Gasteiger partial charge in [-0.2, -0.15) is 0 Å². The van der Waals surface area contributed by atoms with E-state index in [4.69, 9.17) is 10.5 Å². The first-order chi connectivity index (χ1) is 14.3. The van der Waals surface area contributed by atoms with Gasteiger partial charge in [0.1, 0.15) is 0 Å². The highest BCUT2D eigenvalue weighted by Gasteiger charge is 2.20. The minimum absolute atomic E-state index is 0.212. The van der Waals surface area contributed by atoms with Gasteiger partial charge in [-0.1, -0.05) is 12.1 Å². The highest BCUT2D eigenvalue weighted by atomic mass is 16.5. The van der Waals surface area contributed by atoms with E-state index in [1.807, 2.05) is 28.8 Å². The molecule has 0 aliphatic carbocycles. The minimum atomic E-state index is -0.631. The molecule has 0 saturated heterocycles. The van der Waals surface area contributed by atoms with Crippen LogP contribution in [0.3, 0.4) is 0 Å². The van der Waals surface area contributed by atoms with Gasteiger partial charge >= 0.3 is 5.97 Å². The minimum Gasteiger partial charge on any atom is -0.462 e. The number of hydrogen-bond acceptors (Lipinski definition) is 6. The zero-order valence-corrected chi connectivity index (χ0v) is 17.8. The Labute approximate surface area is 176 Å². The molecule has 0 aliphatic heterocycles. The lowest BCUT2D eigenvalue weighted by Crippen LogP contribution is -2.42. The van der Waals surface area contributed by atoms with Crippen LogP contribution in [0.5, 0.6) is 0 Å². The van der Waals surface area contributed by atoms with Crippen molar-refractivity contribution in [2.24, 2.45) is 0 Å². The molecule has 30 heavy (non-hydrogen) atoms. The van der Waals surface area contributed by atoms with Gasteiger partial charge in [0.05, 0.1) is 35.6 Å². The number of imidazole rings is 1. The molecule has 7 heteroatoms. The monoisotopic (exact) mass is 410 g/mol. The van der Waals surface area contributed by atoms with Gasteiger partial charge in [-0.25, -0.2) is 9.78 Å². The first-order valence-electron chi connectivity index (χ1n) is 10.2. The number of aromatic nitrogens is 2. The summed E-state index contributed by atoms with van der Waals surface area (Å²) in [5.74, 6) is -0.329. The molecule has 1 heterocycles. The Morgan fingerprint density at radius 1 is 1.30 bits per heavy atom. The molecule has 7 nitrogen and oxygen atoms in total. The van der Waals surface area contributed by atoms with Crippen molar-refractivity contribution in [1.29, 1.82) is 0 Å². The Balaban J connectivity index is 1.62. The number of anilines is 1. The number of esters is 1. The molecular weight excluding hydrogens is 380 g/mol. The summed E-state index contributed by atoms with van der Waals surface area (Å²) in [6, 6.07) is 12.7. The number of aliphatic hydroxyl groups excluding tert-OH is 1. The number of hydrogen-bond donors (Lipinski definition) is 3. The lowest BCUT2D eigenvalue weighted by Gasteiger charge is -2.28. The van der Waals surface area contributed by atoms with E-state index in [2.05, 4.69) is 24.1 Å². The number of ether oxygens (including phenoxy) is 1. The van der Waals surface area contributed by atoms with Gasteiger partial charge in [-0.3, -0.25) is 0 Å². The number of nitrogens with two attached hydrogens (primary N) is 1. The number of fused-ring (bicyclic) bond motifs is 1. The molecule has 1 atom stereocenters. The molecule has 4 N–H and O–H groups in total. The van der Waals surface area contributed by atoms with Gasteiger partial charge in [0, 0.05) is 24.3 Å². The third-order valence-corrected chi connectivity index (χ3v) is 5.18. The number of β-amino-alcohol motifs (C(OH)–C–C–N with tert-alkyl or cyclic N) is 1. The average Bonchev–Trinajstić information content (AvgIpc) is 3.13. The summed E-state index contributed by atoms with van der Waals surface area (Å²) in [5, 5.41) is 13.9. The fourth-order valence-electron chi connectivity index (χ4n) is 3.32. The van der Waals surface area contributed by atoms with Gasteiger partial charge in [0.15, 0.2) is 0 Å². The Morgan fingerprint density at radius 3 is 2.83 bits per heavy atom. The summed E-state index contributed by atoms with van der Waals surface area (Å²) in [5.41, 5.74) is 9.29. The van der Waals surface area contributed by atoms with Crippen molar-refractivity contribution in [1.82, 2.24) is 14.9 Å². The van der Waals surface area contributed by atoms with Crippen LogP contribution in [0.4, 0.5) is 5.69 Å². The quantitative estimate of drug-likeness (QED) is 0.370. The molecule has 0 radical (unpaired) electrons. The van der Waals surface area contributed by atoms with Crippen LogP contribution in [0, 0.1) is 0 Å². The molecule has 0 saturated carbocycles. The predicted molar refractivity (Wildman–Crippen MR) is 118 cm³/mol. The van der Waals surface area contributed by atoms with Crippen LogP contribution >= 0.6 is 0 Å². The number of nitrogens with zero attached hydrogens (tertiary/aromatic N) is 2. The van der Waals surface area contributed by atoms with Crippen LogP contribution < -0.4 is 11.1 Å². The second-order valence-corrected chi connectivity index (χ2v) is 8.06. The van der Waals surface area contributed by atoms with Gasteiger partial charge in [0.25, 0.3) is 0 Å². The molecule has 0 amide bonds. The van der Waals surface area contributed by atoms with Crippen LogP contribution in [0.1, 0.15) is 49.2 Å². The number of carbonyl (C=O) groups excluding carboxylic acids is 1. The highest BCUT2D eigenvalue weighted by Crippen LogP contribution is 2.20. The SMILES string of the molecule is CCOC(=O)c1ccc2ncn(CCC(C)(C)NCC(O)c3cccc(N)c3)c2c1. The molecule has 1 unspecified atom stereocenters. The summed E-state index contributed by atoms with van der Waals surface area (Å²) in [4.78, 5) is 16.5. The van der Waals surface area contributed by atoms with E-state index in [1.54, 1.807) is 31.5 Å². The van der Waals surface area contributed by atoms with Crippen molar-refractivity contribution in [2.75, 3.05) is 18.9 Å². The molecule has 0 aliphatic rings. The Bertz CT molecular complexity index is 1010. The van der Waals surface area contributed by atoms with Crippen molar-refractivity contribution < 1.29 is 14.6 Å². The van der Waals surface area contributed by atoms with Crippen LogP contribution in [-0.2, 0) is 11.3 Å². The first-order valence-corrected chi connectivity index (χ1v) is 10.2. The van der Waals surface area contributed by atoms with E-state index >= 15 is 0 Å². The van der Waals surface area contributed by atoms with Gasteiger partial charge < -0.3 is 25.5 Å². The molecular formula is C23H30N4O3. The maximum atomic E-state index is 12.0.